The van der Waals surface area contributed by atoms with Crippen molar-refractivity contribution in [1.29, 1.82) is 0 Å². The molecule has 3 nitrogen and oxygen atoms in total. The van der Waals surface area contributed by atoms with Crippen LogP contribution in [0.4, 0.5) is 0 Å². The standard InChI is InChI=1S/C11H16BrNO2/c1-9(8-14)13-5-6-15-11-4-2-3-10(12)7-11/h2-4,7,9,13-14H,5-6,8H2,1H3. The molecule has 0 aromatic heterocycles. The Morgan fingerprint density at radius 1 is 1.53 bits per heavy atom. The number of halogens is 1. The number of rotatable bonds is 6. The zero-order valence-electron chi connectivity index (χ0n) is 8.74. The number of benzene rings is 1. The summed E-state index contributed by atoms with van der Waals surface area (Å²) < 4.78 is 6.52. The monoisotopic (exact) mass is 273 g/mol. The Kier molecular flexibility index (Phi) is 5.68. The number of nitrogens with one attached hydrogen (secondary N) is 1. The molecule has 2 N–H and O–H groups in total. The molecule has 0 heterocycles. The summed E-state index contributed by atoms with van der Waals surface area (Å²) in [6.45, 7) is 3.41. The third-order valence-electron chi connectivity index (χ3n) is 1.93. The molecule has 0 aliphatic heterocycles. The number of aliphatic hydroxyl groups is 1. The van der Waals surface area contributed by atoms with Crippen LogP contribution < -0.4 is 10.1 Å². The molecule has 0 aliphatic rings. The molecule has 0 aliphatic carbocycles. The van der Waals surface area contributed by atoms with E-state index >= 15 is 0 Å². The Morgan fingerprint density at radius 3 is 3.00 bits per heavy atom. The lowest BCUT2D eigenvalue weighted by molar-refractivity contribution is 0.239. The van der Waals surface area contributed by atoms with Crippen LogP contribution in [0.1, 0.15) is 6.92 Å². The Hall–Kier alpha value is -0.580. The SMILES string of the molecule is CC(CO)NCCOc1cccc(Br)c1. The summed E-state index contributed by atoms with van der Waals surface area (Å²) in [7, 11) is 0. The summed E-state index contributed by atoms with van der Waals surface area (Å²) in [4.78, 5) is 0. The maximum Gasteiger partial charge on any atom is 0.120 e. The van der Waals surface area contributed by atoms with Crippen LogP contribution in [-0.2, 0) is 0 Å². The smallest absolute Gasteiger partial charge is 0.120 e. The van der Waals surface area contributed by atoms with E-state index in [-0.39, 0.29) is 12.6 Å². The molecule has 0 bridgehead atoms. The molecule has 84 valence electrons. The van der Waals surface area contributed by atoms with E-state index in [0.717, 1.165) is 16.8 Å². The Balaban J connectivity index is 2.20. The van der Waals surface area contributed by atoms with Crippen LogP contribution in [0, 0.1) is 0 Å². The lowest BCUT2D eigenvalue weighted by Crippen LogP contribution is -2.32. The molecule has 0 spiro atoms. The van der Waals surface area contributed by atoms with Crippen molar-refractivity contribution in [3.05, 3.63) is 28.7 Å². The lowest BCUT2D eigenvalue weighted by atomic mass is 10.3. The average Bonchev–Trinajstić information content (AvgIpc) is 2.24. The fourth-order valence-corrected chi connectivity index (χ4v) is 1.47. The van der Waals surface area contributed by atoms with E-state index in [9.17, 15) is 0 Å². The molecule has 1 rings (SSSR count). The number of hydrogen-bond acceptors (Lipinski definition) is 3. The van der Waals surface area contributed by atoms with Crippen LogP contribution in [0.15, 0.2) is 28.7 Å². The minimum absolute atomic E-state index is 0.121. The van der Waals surface area contributed by atoms with Gasteiger partial charge in [0, 0.05) is 17.1 Å². The van der Waals surface area contributed by atoms with Gasteiger partial charge in [0.05, 0.1) is 6.61 Å². The molecule has 4 heteroatoms. The van der Waals surface area contributed by atoms with E-state index in [2.05, 4.69) is 21.2 Å². The van der Waals surface area contributed by atoms with Crippen LogP contribution >= 0.6 is 15.9 Å². The van der Waals surface area contributed by atoms with Crippen molar-refractivity contribution < 1.29 is 9.84 Å². The maximum atomic E-state index is 8.78. The van der Waals surface area contributed by atoms with Gasteiger partial charge < -0.3 is 15.2 Å². The first-order valence-corrected chi connectivity index (χ1v) is 5.74. The van der Waals surface area contributed by atoms with Gasteiger partial charge in [-0.3, -0.25) is 0 Å². The maximum absolute atomic E-state index is 8.78. The summed E-state index contributed by atoms with van der Waals surface area (Å²) in [5.41, 5.74) is 0. The van der Waals surface area contributed by atoms with Gasteiger partial charge in [-0.2, -0.15) is 0 Å². The van der Waals surface area contributed by atoms with Crippen molar-refractivity contribution in [2.24, 2.45) is 0 Å². The summed E-state index contributed by atoms with van der Waals surface area (Å²) >= 11 is 3.38. The highest BCUT2D eigenvalue weighted by atomic mass is 79.9. The second kappa shape index (κ2) is 6.82. The minimum Gasteiger partial charge on any atom is -0.492 e. The number of aliphatic hydroxyl groups excluding tert-OH is 1. The predicted octanol–water partition coefficient (Wildman–Crippen LogP) is 1.80. The summed E-state index contributed by atoms with van der Waals surface area (Å²) in [5, 5.41) is 11.9. The quantitative estimate of drug-likeness (QED) is 0.777. The molecule has 0 fully saturated rings. The van der Waals surface area contributed by atoms with Crippen molar-refractivity contribution in [2.45, 2.75) is 13.0 Å². The molecule has 0 radical (unpaired) electrons. The summed E-state index contributed by atoms with van der Waals surface area (Å²) in [5.74, 6) is 0.850. The van der Waals surface area contributed by atoms with Crippen LogP contribution in [0.3, 0.4) is 0 Å². The molecule has 0 saturated heterocycles. The molecule has 1 unspecified atom stereocenters. The van der Waals surface area contributed by atoms with E-state index in [0.29, 0.717) is 6.61 Å². The van der Waals surface area contributed by atoms with Crippen molar-refractivity contribution in [2.75, 3.05) is 19.8 Å². The first kappa shape index (κ1) is 12.5. The van der Waals surface area contributed by atoms with Gasteiger partial charge >= 0.3 is 0 Å². The minimum atomic E-state index is 0.121. The van der Waals surface area contributed by atoms with Gasteiger partial charge in [0.2, 0.25) is 0 Å². The van der Waals surface area contributed by atoms with E-state index in [1.807, 2.05) is 31.2 Å². The second-order valence-corrected chi connectivity index (χ2v) is 4.26. The van der Waals surface area contributed by atoms with Crippen LogP contribution in [0.5, 0.6) is 5.75 Å². The highest BCUT2D eigenvalue weighted by molar-refractivity contribution is 9.10. The third kappa shape index (κ3) is 5.16. The van der Waals surface area contributed by atoms with Gasteiger partial charge in [0.15, 0.2) is 0 Å². The molecule has 15 heavy (non-hydrogen) atoms. The average molecular weight is 274 g/mol. The van der Waals surface area contributed by atoms with Crippen molar-refractivity contribution >= 4 is 15.9 Å². The lowest BCUT2D eigenvalue weighted by Gasteiger charge is -2.11. The fraction of sp³-hybridized carbons (Fsp3) is 0.455. The van der Waals surface area contributed by atoms with Gasteiger partial charge in [0.1, 0.15) is 12.4 Å². The van der Waals surface area contributed by atoms with Gasteiger partial charge in [-0.1, -0.05) is 22.0 Å². The number of ether oxygens (including phenoxy) is 1. The molecule has 0 amide bonds. The molecule has 0 saturated carbocycles. The Bertz CT molecular complexity index is 294. The Labute approximate surface area is 98.6 Å². The van der Waals surface area contributed by atoms with E-state index in [1.54, 1.807) is 0 Å². The van der Waals surface area contributed by atoms with Gasteiger partial charge in [-0.15, -0.1) is 0 Å². The summed E-state index contributed by atoms with van der Waals surface area (Å²) in [6.07, 6.45) is 0. The van der Waals surface area contributed by atoms with E-state index < -0.39 is 0 Å². The second-order valence-electron chi connectivity index (χ2n) is 3.34. The molecular weight excluding hydrogens is 258 g/mol. The van der Waals surface area contributed by atoms with Crippen LogP contribution in [0.2, 0.25) is 0 Å². The third-order valence-corrected chi connectivity index (χ3v) is 2.43. The number of hydrogen-bond donors (Lipinski definition) is 2. The molecular formula is C11H16BrNO2. The van der Waals surface area contributed by atoms with Crippen LogP contribution in [0.25, 0.3) is 0 Å². The van der Waals surface area contributed by atoms with Crippen molar-refractivity contribution in [3.8, 4) is 5.75 Å². The Morgan fingerprint density at radius 2 is 2.33 bits per heavy atom. The van der Waals surface area contributed by atoms with E-state index in [1.165, 1.54) is 0 Å². The molecule has 1 aromatic carbocycles. The van der Waals surface area contributed by atoms with Crippen LogP contribution in [-0.4, -0.2) is 30.9 Å². The first-order valence-electron chi connectivity index (χ1n) is 4.95. The normalized spacial score (nSPS) is 12.5. The largest absolute Gasteiger partial charge is 0.492 e. The van der Waals surface area contributed by atoms with Gasteiger partial charge in [-0.05, 0) is 25.1 Å². The van der Waals surface area contributed by atoms with Gasteiger partial charge in [0.25, 0.3) is 0 Å². The molecule has 1 atom stereocenters. The van der Waals surface area contributed by atoms with Gasteiger partial charge in [-0.25, -0.2) is 0 Å². The summed E-state index contributed by atoms with van der Waals surface area (Å²) in [6, 6.07) is 7.86. The highest BCUT2D eigenvalue weighted by Crippen LogP contribution is 2.17. The zero-order valence-corrected chi connectivity index (χ0v) is 10.3. The first-order chi connectivity index (χ1) is 7.22. The molecule has 1 aromatic rings. The van der Waals surface area contributed by atoms with Crippen molar-refractivity contribution in [3.63, 3.8) is 0 Å². The van der Waals surface area contributed by atoms with Crippen molar-refractivity contribution in [1.82, 2.24) is 5.32 Å². The zero-order chi connectivity index (χ0) is 11.1. The topological polar surface area (TPSA) is 41.5 Å². The van der Waals surface area contributed by atoms with E-state index in [4.69, 9.17) is 9.84 Å². The predicted molar refractivity (Wildman–Crippen MR) is 64.2 cm³/mol. The highest BCUT2D eigenvalue weighted by Gasteiger charge is 1.98. The fourth-order valence-electron chi connectivity index (χ4n) is 1.10.